The van der Waals surface area contributed by atoms with Crippen molar-refractivity contribution < 1.29 is 22.7 Å². The molecule has 0 radical (unpaired) electrons. The van der Waals surface area contributed by atoms with Crippen LogP contribution in [0.5, 0.6) is 0 Å². The largest absolute Gasteiger partial charge is 0.462 e. The topological polar surface area (TPSA) is 42.4 Å². The predicted molar refractivity (Wildman–Crippen MR) is 117 cm³/mol. The molecule has 0 N–H and O–H groups in total. The van der Waals surface area contributed by atoms with Gasteiger partial charge in [0.1, 0.15) is 5.56 Å². The first-order chi connectivity index (χ1) is 13.9. The van der Waals surface area contributed by atoms with E-state index < -0.39 is 17.7 Å². The fourth-order valence-electron chi connectivity index (χ4n) is 5.83. The number of halogens is 4. The van der Waals surface area contributed by atoms with Crippen LogP contribution in [0.3, 0.4) is 0 Å². The molecule has 4 rings (SSSR count). The Balaban J connectivity index is 0.00000272. The van der Waals surface area contributed by atoms with E-state index in [1.54, 1.807) is 13.0 Å². The Hall–Kier alpha value is -2.02. The smallest absolute Gasteiger partial charge is 0.418 e. The van der Waals surface area contributed by atoms with Crippen molar-refractivity contribution in [1.29, 1.82) is 0 Å². The molecule has 2 atom stereocenters. The first-order valence-electron chi connectivity index (χ1n) is 10.4. The third kappa shape index (κ3) is 4.21. The number of para-hydroxylation sites is 1. The fourth-order valence-corrected chi connectivity index (χ4v) is 5.83. The molecule has 1 saturated carbocycles. The molecule has 1 aromatic heterocycles. The maximum atomic E-state index is 13.6. The molecule has 2 unspecified atom stereocenters. The number of ether oxygens (including phenoxy) is 1. The summed E-state index contributed by atoms with van der Waals surface area (Å²) in [6, 6.07) is 4.22. The SMILES string of the molecule is CCOC(=O)c1cnc2c(C(F)(F)F)cccc2c1N1CC2(C)CC1CC(C)(C)C2.Cl. The van der Waals surface area contributed by atoms with Crippen molar-refractivity contribution in [3.63, 3.8) is 0 Å². The van der Waals surface area contributed by atoms with Gasteiger partial charge in [-0.3, -0.25) is 4.98 Å². The quantitative estimate of drug-likeness (QED) is 0.511. The Morgan fingerprint density at radius 1 is 1.26 bits per heavy atom. The molecule has 31 heavy (non-hydrogen) atoms. The highest BCUT2D eigenvalue weighted by atomic mass is 35.5. The normalized spacial score (nSPS) is 24.7. The van der Waals surface area contributed by atoms with Gasteiger partial charge in [-0.05, 0) is 43.1 Å². The Bertz CT molecular complexity index is 1010. The minimum absolute atomic E-state index is 0. The molecule has 0 amide bonds. The van der Waals surface area contributed by atoms with E-state index >= 15 is 0 Å². The molecular weight excluding hydrogens is 429 g/mol. The average molecular weight is 457 g/mol. The van der Waals surface area contributed by atoms with Gasteiger partial charge in [-0.1, -0.05) is 32.9 Å². The lowest BCUT2D eigenvalue weighted by Crippen LogP contribution is -2.35. The lowest BCUT2D eigenvalue weighted by atomic mass is 9.65. The number of fused-ring (bicyclic) bond motifs is 3. The Kier molecular flexibility index (Phi) is 5.98. The molecule has 2 fully saturated rings. The zero-order valence-corrected chi connectivity index (χ0v) is 19.0. The van der Waals surface area contributed by atoms with Gasteiger partial charge < -0.3 is 9.64 Å². The van der Waals surface area contributed by atoms with Crippen molar-refractivity contribution >= 4 is 35.0 Å². The maximum absolute atomic E-state index is 13.6. The van der Waals surface area contributed by atoms with Crippen molar-refractivity contribution in [2.75, 3.05) is 18.1 Å². The number of hydrogen-bond donors (Lipinski definition) is 0. The van der Waals surface area contributed by atoms with E-state index in [0.717, 1.165) is 25.3 Å². The molecule has 1 saturated heterocycles. The Morgan fingerprint density at radius 2 is 1.97 bits per heavy atom. The van der Waals surface area contributed by atoms with Crippen molar-refractivity contribution in [3.05, 3.63) is 35.5 Å². The molecular formula is C23H28ClF3N2O2. The van der Waals surface area contributed by atoms with Gasteiger partial charge in [0.25, 0.3) is 0 Å². The monoisotopic (exact) mass is 456 g/mol. The first kappa shape index (κ1) is 23.6. The van der Waals surface area contributed by atoms with Gasteiger partial charge in [-0.25, -0.2) is 4.79 Å². The Morgan fingerprint density at radius 3 is 2.61 bits per heavy atom. The van der Waals surface area contributed by atoms with E-state index in [2.05, 4.69) is 30.7 Å². The molecule has 4 nitrogen and oxygen atoms in total. The van der Waals surface area contributed by atoms with Crippen LogP contribution in [0.4, 0.5) is 18.9 Å². The highest BCUT2D eigenvalue weighted by Gasteiger charge is 2.50. The zero-order chi connectivity index (χ0) is 21.9. The number of pyridine rings is 1. The molecule has 1 aliphatic heterocycles. The molecule has 2 heterocycles. The fraction of sp³-hybridized carbons (Fsp3) is 0.565. The summed E-state index contributed by atoms with van der Waals surface area (Å²) in [5.74, 6) is -0.551. The number of aromatic nitrogens is 1. The summed E-state index contributed by atoms with van der Waals surface area (Å²) >= 11 is 0. The second-order valence-corrected chi connectivity index (χ2v) is 9.78. The van der Waals surface area contributed by atoms with Crippen molar-refractivity contribution in [2.24, 2.45) is 10.8 Å². The van der Waals surface area contributed by atoms with E-state index in [1.165, 1.54) is 12.3 Å². The summed E-state index contributed by atoms with van der Waals surface area (Å²) in [4.78, 5) is 18.9. The van der Waals surface area contributed by atoms with Crippen LogP contribution in [0.1, 0.15) is 62.9 Å². The average Bonchev–Trinajstić information content (AvgIpc) is 2.88. The van der Waals surface area contributed by atoms with Crippen LogP contribution in [-0.4, -0.2) is 30.1 Å². The van der Waals surface area contributed by atoms with Crippen molar-refractivity contribution in [3.8, 4) is 0 Å². The molecule has 1 aromatic carbocycles. The highest BCUT2D eigenvalue weighted by Crippen LogP contribution is 2.54. The molecule has 2 aromatic rings. The van der Waals surface area contributed by atoms with E-state index in [1.807, 2.05) is 0 Å². The summed E-state index contributed by atoms with van der Waals surface area (Å²) in [6.07, 6.45) is -0.349. The van der Waals surface area contributed by atoms with Gasteiger partial charge in [0, 0.05) is 24.2 Å². The van der Waals surface area contributed by atoms with Crippen LogP contribution in [0.25, 0.3) is 10.9 Å². The lowest BCUT2D eigenvalue weighted by molar-refractivity contribution is -0.136. The summed E-state index contributed by atoms with van der Waals surface area (Å²) in [5, 5.41) is 0.351. The maximum Gasteiger partial charge on any atom is 0.418 e. The van der Waals surface area contributed by atoms with Crippen LogP contribution in [-0.2, 0) is 10.9 Å². The molecule has 2 aliphatic rings. The van der Waals surface area contributed by atoms with Gasteiger partial charge in [-0.2, -0.15) is 13.2 Å². The molecule has 0 spiro atoms. The first-order valence-corrected chi connectivity index (χ1v) is 10.4. The van der Waals surface area contributed by atoms with Gasteiger partial charge in [0.05, 0.1) is 23.4 Å². The van der Waals surface area contributed by atoms with E-state index in [9.17, 15) is 18.0 Å². The number of alkyl halides is 3. The summed E-state index contributed by atoms with van der Waals surface area (Å²) in [5.41, 5.74) is 0.0318. The molecule has 2 bridgehead atoms. The minimum atomic E-state index is -4.52. The molecule has 8 heteroatoms. The van der Waals surface area contributed by atoms with Crippen LogP contribution < -0.4 is 4.90 Å². The van der Waals surface area contributed by atoms with Crippen LogP contribution >= 0.6 is 12.4 Å². The highest BCUT2D eigenvalue weighted by molar-refractivity contribution is 6.06. The number of esters is 1. The summed E-state index contributed by atoms with van der Waals surface area (Å²) < 4.78 is 46.1. The summed E-state index contributed by atoms with van der Waals surface area (Å²) in [6.45, 7) is 9.30. The van der Waals surface area contributed by atoms with Crippen molar-refractivity contribution in [1.82, 2.24) is 4.98 Å². The van der Waals surface area contributed by atoms with Gasteiger partial charge in [0.15, 0.2) is 0 Å². The van der Waals surface area contributed by atoms with Crippen LogP contribution in [0.15, 0.2) is 24.4 Å². The lowest BCUT2D eigenvalue weighted by Gasteiger charge is -2.39. The number of carbonyl (C=O) groups excluding carboxylic acids is 1. The second-order valence-electron chi connectivity index (χ2n) is 9.78. The molecule has 1 aliphatic carbocycles. The number of rotatable bonds is 3. The number of benzene rings is 1. The third-order valence-corrected chi connectivity index (χ3v) is 6.37. The number of anilines is 1. The third-order valence-electron chi connectivity index (χ3n) is 6.37. The number of hydrogen-bond acceptors (Lipinski definition) is 4. The second kappa shape index (κ2) is 7.84. The summed E-state index contributed by atoms with van der Waals surface area (Å²) in [7, 11) is 0. The van der Waals surface area contributed by atoms with Gasteiger partial charge in [0.2, 0.25) is 0 Å². The van der Waals surface area contributed by atoms with Crippen LogP contribution in [0, 0.1) is 10.8 Å². The minimum Gasteiger partial charge on any atom is -0.462 e. The predicted octanol–water partition coefficient (Wildman–Crippen LogP) is 6.26. The van der Waals surface area contributed by atoms with Crippen molar-refractivity contribution in [2.45, 2.75) is 59.2 Å². The number of carbonyl (C=O) groups is 1. The van der Waals surface area contributed by atoms with Gasteiger partial charge >= 0.3 is 12.1 Å². The van der Waals surface area contributed by atoms with E-state index in [4.69, 9.17) is 4.74 Å². The standard InChI is InChI=1S/C23H27F3N2O2.ClH/c1-5-30-20(29)16-11-27-18-15(7-6-8-17(18)23(24,25)26)19(16)28-13-22(4)10-14(28)9-21(2,3)12-22;/h6-8,11,14H,5,9-10,12-13H2,1-4H3;1H. The zero-order valence-electron chi connectivity index (χ0n) is 18.2. The Labute approximate surface area is 186 Å². The van der Waals surface area contributed by atoms with Crippen LogP contribution in [0.2, 0.25) is 0 Å². The van der Waals surface area contributed by atoms with E-state index in [-0.39, 0.29) is 47.0 Å². The van der Waals surface area contributed by atoms with Gasteiger partial charge in [-0.15, -0.1) is 12.4 Å². The number of nitrogens with zero attached hydrogens (tertiary/aromatic N) is 2. The molecule has 170 valence electrons. The van der Waals surface area contributed by atoms with E-state index in [0.29, 0.717) is 17.6 Å².